The summed E-state index contributed by atoms with van der Waals surface area (Å²) in [4.78, 5) is 26.5. The van der Waals surface area contributed by atoms with Gasteiger partial charge in [-0.1, -0.05) is 29.8 Å². The van der Waals surface area contributed by atoms with Gasteiger partial charge >= 0.3 is 0 Å². The summed E-state index contributed by atoms with van der Waals surface area (Å²) in [5, 5.41) is 0. The van der Waals surface area contributed by atoms with E-state index < -0.39 is 0 Å². The Labute approximate surface area is 124 Å². The van der Waals surface area contributed by atoms with Gasteiger partial charge < -0.3 is 4.90 Å². The van der Waals surface area contributed by atoms with Crippen LogP contribution in [0, 0.1) is 13.8 Å². The molecule has 1 aliphatic heterocycles. The molecule has 0 saturated carbocycles. The highest BCUT2D eigenvalue weighted by atomic mass is 16.2. The van der Waals surface area contributed by atoms with Crippen molar-refractivity contribution < 1.29 is 9.59 Å². The molecular formula is C18H17NO2. The van der Waals surface area contributed by atoms with Crippen LogP contribution in [0.25, 0.3) is 0 Å². The topological polar surface area (TPSA) is 37.4 Å². The first kappa shape index (κ1) is 13.6. The molecule has 1 aliphatic rings. The summed E-state index contributed by atoms with van der Waals surface area (Å²) < 4.78 is 0. The second kappa shape index (κ2) is 5.17. The molecule has 3 nitrogen and oxygen atoms in total. The highest BCUT2D eigenvalue weighted by Gasteiger charge is 2.28. The zero-order valence-corrected chi connectivity index (χ0v) is 12.2. The fourth-order valence-corrected chi connectivity index (χ4v) is 2.82. The number of nitrogens with zero attached hydrogens (tertiary/aromatic N) is 1. The molecule has 21 heavy (non-hydrogen) atoms. The average molecular weight is 279 g/mol. The van der Waals surface area contributed by atoms with Crippen LogP contribution in [0.2, 0.25) is 0 Å². The number of anilines is 1. The van der Waals surface area contributed by atoms with Crippen molar-refractivity contribution in [2.45, 2.75) is 20.3 Å². The van der Waals surface area contributed by atoms with Gasteiger partial charge in [0.05, 0.1) is 5.69 Å². The third kappa shape index (κ3) is 2.35. The molecule has 2 aromatic carbocycles. The number of hydrogen-bond donors (Lipinski definition) is 0. The number of aryl methyl sites for hydroxylation is 2. The Balaban J connectivity index is 2.03. The van der Waals surface area contributed by atoms with Gasteiger partial charge in [-0.2, -0.15) is 0 Å². The summed E-state index contributed by atoms with van der Waals surface area (Å²) in [7, 11) is 0. The normalized spacial score (nSPS) is 14.0. The van der Waals surface area contributed by atoms with Crippen LogP contribution < -0.4 is 4.90 Å². The molecule has 0 aliphatic carbocycles. The molecule has 1 heterocycles. The molecule has 0 atom stereocenters. The van der Waals surface area contributed by atoms with Crippen molar-refractivity contribution in [3.05, 3.63) is 64.7 Å². The third-order valence-corrected chi connectivity index (χ3v) is 3.92. The van der Waals surface area contributed by atoms with Crippen LogP contribution in [0.4, 0.5) is 5.69 Å². The maximum Gasteiger partial charge on any atom is 0.258 e. The zero-order valence-electron chi connectivity index (χ0n) is 12.2. The number of para-hydroxylation sites is 1. The summed E-state index contributed by atoms with van der Waals surface area (Å²) in [6, 6.07) is 13.1. The SMILES string of the molecule is Cc1ccc(C(=O)N2CCC(=O)c3ccccc32)c(C)c1. The number of rotatable bonds is 1. The van der Waals surface area contributed by atoms with E-state index in [0.717, 1.165) is 16.8 Å². The second-order valence-electron chi connectivity index (χ2n) is 5.47. The summed E-state index contributed by atoms with van der Waals surface area (Å²) in [5.41, 5.74) is 4.16. The summed E-state index contributed by atoms with van der Waals surface area (Å²) >= 11 is 0. The van der Waals surface area contributed by atoms with Crippen molar-refractivity contribution in [2.75, 3.05) is 11.4 Å². The molecular weight excluding hydrogens is 262 g/mol. The van der Waals surface area contributed by atoms with Crippen LogP contribution in [0.5, 0.6) is 0 Å². The Kier molecular flexibility index (Phi) is 3.34. The Bertz CT molecular complexity index is 734. The van der Waals surface area contributed by atoms with E-state index in [0.29, 0.717) is 24.1 Å². The Morgan fingerprint density at radius 2 is 1.86 bits per heavy atom. The Hall–Kier alpha value is -2.42. The van der Waals surface area contributed by atoms with Gasteiger partial charge in [0.15, 0.2) is 5.78 Å². The first-order valence-electron chi connectivity index (χ1n) is 7.09. The van der Waals surface area contributed by atoms with Crippen LogP contribution in [0.1, 0.15) is 38.3 Å². The second-order valence-corrected chi connectivity index (χ2v) is 5.47. The molecule has 0 spiro atoms. The lowest BCUT2D eigenvalue weighted by molar-refractivity contribution is 0.0955. The highest BCUT2D eigenvalue weighted by Crippen LogP contribution is 2.28. The molecule has 0 aromatic heterocycles. The van der Waals surface area contributed by atoms with Gasteiger partial charge in [-0.25, -0.2) is 0 Å². The molecule has 0 unspecified atom stereocenters. The quantitative estimate of drug-likeness (QED) is 0.800. The number of carbonyl (C=O) groups is 2. The molecule has 3 rings (SSSR count). The largest absolute Gasteiger partial charge is 0.307 e. The summed E-state index contributed by atoms with van der Waals surface area (Å²) in [6.45, 7) is 4.40. The van der Waals surface area contributed by atoms with Crippen LogP contribution in [-0.4, -0.2) is 18.2 Å². The smallest absolute Gasteiger partial charge is 0.258 e. The molecule has 0 N–H and O–H groups in total. The van der Waals surface area contributed by atoms with Crippen molar-refractivity contribution in [3.8, 4) is 0 Å². The Morgan fingerprint density at radius 3 is 2.62 bits per heavy atom. The first-order chi connectivity index (χ1) is 10.1. The lowest BCUT2D eigenvalue weighted by Crippen LogP contribution is -2.37. The van der Waals surface area contributed by atoms with Gasteiger partial charge in [-0.05, 0) is 37.6 Å². The van der Waals surface area contributed by atoms with E-state index in [1.54, 1.807) is 11.0 Å². The lowest BCUT2D eigenvalue weighted by Gasteiger charge is -2.29. The first-order valence-corrected chi connectivity index (χ1v) is 7.09. The Morgan fingerprint density at radius 1 is 1.10 bits per heavy atom. The third-order valence-electron chi connectivity index (χ3n) is 3.92. The highest BCUT2D eigenvalue weighted by molar-refractivity contribution is 6.13. The van der Waals surface area contributed by atoms with E-state index in [1.807, 2.05) is 50.2 Å². The van der Waals surface area contributed by atoms with E-state index in [9.17, 15) is 9.59 Å². The number of fused-ring (bicyclic) bond motifs is 1. The van der Waals surface area contributed by atoms with E-state index in [-0.39, 0.29) is 11.7 Å². The molecule has 3 heteroatoms. The van der Waals surface area contributed by atoms with Crippen molar-refractivity contribution in [3.63, 3.8) is 0 Å². The van der Waals surface area contributed by atoms with Gasteiger partial charge in [0.2, 0.25) is 0 Å². The van der Waals surface area contributed by atoms with Gasteiger partial charge in [0.1, 0.15) is 0 Å². The molecule has 1 amide bonds. The van der Waals surface area contributed by atoms with Gasteiger partial charge in [0, 0.05) is 24.1 Å². The standard InChI is InChI=1S/C18H17NO2/c1-12-7-8-14(13(2)11-12)18(21)19-10-9-17(20)15-5-3-4-6-16(15)19/h3-8,11H,9-10H2,1-2H3. The minimum atomic E-state index is -0.0348. The predicted molar refractivity (Wildman–Crippen MR) is 83.0 cm³/mol. The van der Waals surface area contributed by atoms with Crippen molar-refractivity contribution >= 4 is 17.4 Å². The van der Waals surface area contributed by atoms with Crippen LogP contribution in [0.3, 0.4) is 0 Å². The monoisotopic (exact) mass is 279 g/mol. The van der Waals surface area contributed by atoms with Crippen LogP contribution in [0.15, 0.2) is 42.5 Å². The minimum absolute atomic E-state index is 0.0348. The molecule has 0 saturated heterocycles. The van der Waals surface area contributed by atoms with Crippen LogP contribution in [-0.2, 0) is 0 Å². The van der Waals surface area contributed by atoms with Crippen molar-refractivity contribution in [1.29, 1.82) is 0 Å². The number of Topliss-reactive ketones (excluding diaryl/α,β-unsaturated/α-hetero) is 1. The zero-order chi connectivity index (χ0) is 15.0. The number of amides is 1. The lowest BCUT2D eigenvalue weighted by atomic mass is 9.98. The maximum atomic E-state index is 12.8. The van der Waals surface area contributed by atoms with Crippen LogP contribution >= 0.6 is 0 Å². The van der Waals surface area contributed by atoms with E-state index in [4.69, 9.17) is 0 Å². The van der Waals surface area contributed by atoms with Gasteiger partial charge in [-0.15, -0.1) is 0 Å². The van der Waals surface area contributed by atoms with Crippen molar-refractivity contribution in [2.24, 2.45) is 0 Å². The average Bonchev–Trinajstić information content (AvgIpc) is 2.47. The number of ketones is 1. The fourth-order valence-electron chi connectivity index (χ4n) is 2.82. The van der Waals surface area contributed by atoms with Gasteiger partial charge in [-0.3, -0.25) is 9.59 Å². The summed E-state index contributed by atoms with van der Waals surface area (Å²) in [6.07, 6.45) is 0.383. The summed E-state index contributed by atoms with van der Waals surface area (Å²) in [5.74, 6) is 0.0720. The van der Waals surface area contributed by atoms with E-state index >= 15 is 0 Å². The maximum absolute atomic E-state index is 12.8. The molecule has 0 radical (unpaired) electrons. The molecule has 0 fully saturated rings. The molecule has 0 bridgehead atoms. The fraction of sp³-hybridized carbons (Fsp3) is 0.222. The number of benzene rings is 2. The van der Waals surface area contributed by atoms with Gasteiger partial charge in [0.25, 0.3) is 5.91 Å². The number of carbonyl (C=O) groups excluding carboxylic acids is 2. The predicted octanol–water partition coefficient (Wildman–Crippen LogP) is 3.54. The van der Waals surface area contributed by atoms with E-state index in [2.05, 4.69) is 0 Å². The molecule has 106 valence electrons. The van der Waals surface area contributed by atoms with E-state index in [1.165, 1.54) is 0 Å². The number of hydrogen-bond acceptors (Lipinski definition) is 2. The minimum Gasteiger partial charge on any atom is -0.307 e. The molecule has 2 aromatic rings. The van der Waals surface area contributed by atoms with Crippen molar-refractivity contribution in [1.82, 2.24) is 0 Å².